The third-order valence-corrected chi connectivity index (χ3v) is 4.95. The van der Waals surface area contributed by atoms with Crippen molar-refractivity contribution in [3.63, 3.8) is 0 Å². The molecule has 4 heteroatoms. The van der Waals surface area contributed by atoms with Crippen molar-refractivity contribution in [2.75, 3.05) is 5.75 Å². The average molecular weight is 280 g/mol. The highest BCUT2D eigenvalue weighted by Crippen LogP contribution is 2.29. The Morgan fingerprint density at radius 1 is 1.47 bits per heavy atom. The lowest BCUT2D eigenvalue weighted by Gasteiger charge is -2.14. The van der Waals surface area contributed by atoms with Crippen molar-refractivity contribution in [2.45, 2.75) is 37.5 Å². The molecule has 1 saturated heterocycles. The van der Waals surface area contributed by atoms with Crippen LogP contribution in [0.25, 0.3) is 0 Å². The zero-order valence-corrected chi connectivity index (χ0v) is 11.9. The van der Waals surface area contributed by atoms with Crippen molar-refractivity contribution >= 4 is 17.7 Å². The summed E-state index contributed by atoms with van der Waals surface area (Å²) in [6.07, 6.45) is 2.10. The van der Waals surface area contributed by atoms with Crippen LogP contribution in [0.2, 0.25) is 0 Å². The summed E-state index contributed by atoms with van der Waals surface area (Å²) in [5, 5.41) is 19.1. The molecule has 1 aliphatic heterocycles. The molecule has 1 aromatic rings. The normalized spacial score (nSPS) is 24.3. The molecule has 1 aliphatic rings. The van der Waals surface area contributed by atoms with Crippen LogP contribution in [0, 0.1) is 5.92 Å². The first kappa shape index (κ1) is 14.4. The Morgan fingerprint density at radius 3 is 2.84 bits per heavy atom. The van der Waals surface area contributed by atoms with E-state index < -0.39 is 5.97 Å². The lowest BCUT2D eigenvalue weighted by Crippen LogP contribution is -2.19. The van der Waals surface area contributed by atoms with Gasteiger partial charge in [-0.1, -0.05) is 31.2 Å². The molecule has 0 amide bonds. The van der Waals surface area contributed by atoms with Crippen LogP contribution in [0.4, 0.5) is 0 Å². The maximum absolute atomic E-state index is 10.9. The van der Waals surface area contributed by atoms with Crippen molar-refractivity contribution < 1.29 is 15.0 Å². The first-order chi connectivity index (χ1) is 9.06. The lowest BCUT2D eigenvalue weighted by molar-refractivity contribution is -0.141. The van der Waals surface area contributed by atoms with Crippen molar-refractivity contribution in [1.29, 1.82) is 0 Å². The van der Waals surface area contributed by atoms with Gasteiger partial charge >= 0.3 is 5.97 Å². The summed E-state index contributed by atoms with van der Waals surface area (Å²) in [4.78, 5) is 10.9. The largest absolute Gasteiger partial charge is 0.481 e. The minimum atomic E-state index is -0.757. The smallest absolute Gasteiger partial charge is 0.306 e. The third kappa shape index (κ3) is 3.98. The number of carboxylic acid groups (broad SMARTS) is 1. The molecular weight excluding hydrogens is 260 g/mol. The summed E-state index contributed by atoms with van der Waals surface area (Å²) in [5.74, 6) is -0.0874. The molecule has 0 radical (unpaired) electrons. The number of benzene rings is 1. The second kappa shape index (κ2) is 6.44. The average Bonchev–Trinajstić information content (AvgIpc) is 2.75. The van der Waals surface area contributed by atoms with E-state index in [1.54, 1.807) is 6.92 Å². The fourth-order valence-electron chi connectivity index (χ4n) is 2.39. The van der Waals surface area contributed by atoms with Gasteiger partial charge in [-0.15, -0.1) is 0 Å². The van der Waals surface area contributed by atoms with Gasteiger partial charge < -0.3 is 10.2 Å². The molecule has 104 valence electrons. The Hall–Kier alpha value is -1.00. The number of carbonyl (C=O) groups is 1. The van der Waals surface area contributed by atoms with Crippen molar-refractivity contribution in [1.82, 2.24) is 0 Å². The number of hydrogen-bond acceptors (Lipinski definition) is 3. The molecule has 19 heavy (non-hydrogen) atoms. The highest BCUT2D eigenvalue weighted by molar-refractivity contribution is 8.00. The molecule has 1 heterocycles. The van der Waals surface area contributed by atoms with Gasteiger partial charge in [0.25, 0.3) is 0 Å². The van der Waals surface area contributed by atoms with Crippen LogP contribution >= 0.6 is 11.8 Å². The fourth-order valence-corrected chi connectivity index (χ4v) is 3.74. The maximum atomic E-state index is 10.9. The van der Waals surface area contributed by atoms with E-state index in [-0.39, 0.29) is 17.3 Å². The van der Waals surface area contributed by atoms with Crippen LogP contribution in [0.5, 0.6) is 0 Å². The molecule has 1 fully saturated rings. The van der Waals surface area contributed by atoms with Crippen LogP contribution in [0.15, 0.2) is 24.3 Å². The van der Waals surface area contributed by atoms with Crippen LogP contribution < -0.4 is 0 Å². The second-order valence-corrected chi connectivity index (χ2v) is 6.58. The minimum absolute atomic E-state index is 0.202. The van der Waals surface area contributed by atoms with Gasteiger partial charge in [-0.2, -0.15) is 11.8 Å². The predicted octanol–water partition coefficient (Wildman–Crippen LogP) is 2.36. The summed E-state index contributed by atoms with van der Waals surface area (Å²) in [6.45, 7) is 1.73. The summed E-state index contributed by atoms with van der Waals surface area (Å²) in [7, 11) is 0. The Kier molecular flexibility index (Phi) is 4.88. The SMILES string of the molecule is CC(Cc1cccc(CC2SCCC2O)c1)C(=O)O. The van der Waals surface area contributed by atoms with Crippen molar-refractivity contribution in [2.24, 2.45) is 5.92 Å². The van der Waals surface area contributed by atoms with Gasteiger partial charge in [0, 0.05) is 5.25 Å². The van der Waals surface area contributed by atoms with Crippen LogP contribution in [0.3, 0.4) is 0 Å². The van der Waals surface area contributed by atoms with Gasteiger partial charge in [0.2, 0.25) is 0 Å². The molecule has 3 atom stereocenters. The number of rotatable bonds is 5. The van der Waals surface area contributed by atoms with Gasteiger partial charge in [-0.3, -0.25) is 4.79 Å². The van der Waals surface area contributed by atoms with Gasteiger partial charge in [0.05, 0.1) is 12.0 Å². The van der Waals surface area contributed by atoms with Crippen molar-refractivity contribution in [3.8, 4) is 0 Å². The Morgan fingerprint density at radius 2 is 2.21 bits per heavy atom. The molecule has 2 rings (SSSR count). The minimum Gasteiger partial charge on any atom is -0.481 e. The molecular formula is C15H20O3S. The number of carboxylic acids is 1. The number of aliphatic carboxylic acids is 1. The maximum Gasteiger partial charge on any atom is 0.306 e. The van der Waals surface area contributed by atoms with Gasteiger partial charge in [-0.05, 0) is 36.1 Å². The second-order valence-electron chi connectivity index (χ2n) is 5.23. The fraction of sp³-hybridized carbons (Fsp3) is 0.533. The monoisotopic (exact) mass is 280 g/mol. The van der Waals surface area contributed by atoms with E-state index in [1.807, 2.05) is 23.9 Å². The van der Waals surface area contributed by atoms with Gasteiger partial charge in [0.1, 0.15) is 0 Å². The summed E-state index contributed by atoms with van der Waals surface area (Å²) >= 11 is 1.83. The summed E-state index contributed by atoms with van der Waals surface area (Å²) in [6, 6.07) is 8.08. The molecule has 2 N–H and O–H groups in total. The lowest BCUT2D eigenvalue weighted by atomic mass is 9.97. The van der Waals surface area contributed by atoms with Gasteiger partial charge in [0.15, 0.2) is 0 Å². The number of thioether (sulfide) groups is 1. The van der Waals surface area contributed by atoms with E-state index in [4.69, 9.17) is 5.11 Å². The highest BCUT2D eigenvalue weighted by Gasteiger charge is 2.25. The van der Waals surface area contributed by atoms with E-state index >= 15 is 0 Å². The molecule has 0 spiro atoms. The molecule has 0 aliphatic carbocycles. The molecule has 3 unspecified atom stereocenters. The van der Waals surface area contributed by atoms with Crippen molar-refractivity contribution in [3.05, 3.63) is 35.4 Å². The first-order valence-corrected chi connectivity index (χ1v) is 7.71. The quantitative estimate of drug-likeness (QED) is 0.869. The molecule has 1 aromatic carbocycles. The highest BCUT2D eigenvalue weighted by atomic mass is 32.2. The van der Waals surface area contributed by atoms with E-state index in [9.17, 15) is 9.90 Å². The predicted molar refractivity (Wildman–Crippen MR) is 77.5 cm³/mol. The van der Waals surface area contributed by atoms with E-state index in [0.717, 1.165) is 24.2 Å². The molecule has 0 aromatic heterocycles. The van der Waals surface area contributed by atoms with Gasteiger partial charge in [-0.25, -0.2) is 0 Å². The summed E-state index contributed by atoms with van der Waals surface area (Å²) in [5.41, 5.74) is 2.25. The van der Waals surface area contributed by atoms with Crippen LogP contribution in [-0.4, -0.2) is 33.3 Å². The van der Waals surface area contributed by atoms with E-state index in [2.05, 4.69) is 12.1 Å². The number of aliphatic hydroxyl groups excluding tert-OH is 1. The first-order valence-electron chi connectivity index (χ1n) is 6.66. The van der Waals surface area contributed by atoms with E-state index in [1.165, 1.54) is 5.56 Å². The molecule has 0 bridgehead atoms. The Bertz CT molecular complexity index is 447. The molecule has 0 saturated carbocycles. The van der Waals surface area contributed by atoms with Crippen LogP contribution in [0.1, 0.15) is 24.5 Å². The third-order valence-electron chi connectivity index (χ3n) is 3.57. The van der Waals surface area contributed by atoms with Crippen LogP contribution in [-0.2, 0) is 17.6 Å². The topological polar surface area (TPSA) is 57.5 Å². The standard InChI is InChI=1S/C15H20O3S/c1-10(15(17)18)7-11-3-2-4-12(8-11)9-14-13(16)5-6-19-14/h2-4,8,10,13-14,16H,5-7,9H2,1H3,(H,17,18). The Labute approximate surface area is 118 Å². The Balaban J connectivity index is 2.00. The zero-order valence-electron chi connectivity index (χ0n) is 11.1. The summed E-state index contributed by atoms with van der Waals surface area (Å²) < 4.78 is 0. The van der Waals surface area contributed by atoms with E-state index in [0.29, 0.717) is 6.42 Å². The zero-order chi connectivity index (χ0) is 13.8. The number of aliphatic hydroxyl groups is 1. The molecule has 3 nitrogen and oxygen atoms in total. The number of hydrogen-bond donors (Lipinski definition) is 2.